The average molecular weight is 137 g/mol. The van der Waals surface area contributed by atoms with Gasteiger partial charge in [-0.25, -0.2) is 0 Å². The molecule has 0 radical (unpaired) electrons. The van der Waals surface area contributed by atoms with Crippen molar-refractivity contribution in [1.82, 2.24) is 0 Å². The van der Waals surface area contributed by atoms with Crippen molar-refractivity contribution in [2.75, 3.05) is 0 Å². The van der Waals surface area contributed by atoms with E-state index in [1.54, 1.807) is 0 Å². The van der Waals surface area contributed by atoms with Crippen LogP contribution in [0.15, 0.2) is 0 Å². The second-order valence-corrected chi connectivity index (χ2v) is 4.51. The average Bonchev–Trinajstić information content (AvgIpc) is 2.55. The van der Waals surface area contributed by atoms with E-state index >= 15 is 0 Å². The fourth-order valence-corrected chi connectivity index (χ4v) is 3.67. The summed E-state index contributed by atoms with van der Waals surface area (Å²) < 4.78 is 0. The molecule has 1 heteroatoms. The van der Waals surface area contributed by atoms with Crippen molar-refractivity contribution >= 4 is 0 Å². The van der Waals surface area contributed by atoms with Gasteiger partial charge in [0, 0.05) is 6.04 Å². The van der Waals surface area contributed by atoms with E-state index < -0.39 is 0 Å². The summed E-state index contributed by atoms with van der Waals surface area (Å²) in [5.41, 5.74) is 6.85. The molecule has 3 aliphatic rings. The maximum Gasteiger partial charge on any atom is 0.00754 e. The third-order valence-electron chi connectivity index (χ3n) is 4.28. The van der Waals surface area contributed by atoms with E-state index in [0.717, 1.165) is 17.3 Å². The highest BCUT2D eigenvalue weighted by atomic mass is 14.8. The summed E-state index contributed by atoms with van der Waals surface area (Å²) in [5.74, 6) is 1.99. The van der Waals surface area contributed by atoms with Gasteiger partial charge in [0.05, 0.1) is 0 Å². The van der Waals surface area contributed by atoms with Crippen LogP contribution < -0.4 is 5.73 Å². The lowest BCUT2D eigenvalue weighted by atomic mass is 9.93. The molecule has 2 N–H and O–H groups in total. The summed E-state index contributed by atoms with van der Waals surface area (Å²) in [4.78, 5) is 0. The van der Waals surface area contributed by atoms with Gasteiger partial charge in [-0.2, -0.15) is 0 Å². The second-order valence-electron chi connectivity index (χ2n) is 4.51. The maximum atomic E-state index is 6.04. The van der Waals surface area contributed by atoms with Crippen LogP contribution in [0, 0.1) is 17.3 Å². The SMILES string of the molecule is N[C@H]1C[C@H]2CC[C@@H]1C21CC1. The molecule has 1 nitrogen and oxygen atoms in total. The Kier molecular flexibility index (Phi) is 0.797. The number of hydrogen-bond acceptors (Lipinski definition) is 1. The number of nitrogens with two attached hydrogens (primary N) is 1. The molecule has 0 aromatic rings. The zero-order valence-corrected chi connectivity index (χ0v) is 6.34. The minimum Gasteiger partial charge on any atom is -0.327 e. The zero-order valence-electron chi connectivity index (χ0n) is 6.34. The van der Waals surface area contributed by atoms with E-state index in [4.69, 9.17) is 5.73 Å². The predicted octanol–water partition coefficient (Wildman–Crippen LogP) is 1.52. The zero-order chi connectivity index (χ0) is 6.77. The highest BCUT2D eigenvalue weighted by molar-refractivity contribution is 5.15. The Bertz CT molecular complexity index is 172. The molecule has 0 aromatic heterocycles. The Balaban J connectivity index is 2.00. The van der Waals surface area contributed by atoms with E-state index in [-0.39, 0.29) is 0 Å². The topological polar surface area (TPSA) is 26.0 Å². The molecule has 3 atom stereocenters. The molecule has 0 heterocycles. The van der Waals surface area contributed by atoms with Crippen molar-refractivity contribution in [3.05, 3.63) is 0 Å². The quantitative estimate of drug-likeness (QED) is 0.538. The van der Waals surface area contributed by atoms with E-state index in [9.17, 15) is 0 Å². The molecule has 3 rings (SSSR count). The van der Waals surface area contributed by atoms with Gasteiger partial charge in [0.25, 0.3) is 0 Å². The molecule has 3 saturated carbocycles. The lowest BCUT2D eigenvalue weighted by Crippen LogP contribution is -2.27. The standard InChI is InChI=1S/C9H15N/c10-8-5-6-1-2-7(8)9(6)3-4-9/h6-8H,1-5,10H2/t6-,7+,8+/m1/s1. The Labute approximate surface area is 62.0 Å². The summed E-state index contributed by atoms with van der Waals surface area (Å²) in [5, 5.41) is 0. The molecule has 3 fully saturated rings. The van der Waals surface area contributed by atoms with E-state index in [1.165, 1.54) is 32.1 Å². The minimum atomic E-state index is 0.584. The predicted molar refractivity (Wildman–Crippen MR) is 40.5 cm³/mol. The Hall–Kier alpha value is -0.0400. The summed E-state index contributed by atoms with van der Waals surface area (Å²) in [6.07, 6.45) is 7.32. The summed E-state index contributed by atoms with van der Waals surface area (Å²) in [6.45, 7) is 0. The van der Waals surface area contributed by atoms with E-state index in [0.29, 0.717) is 6.04 Å². The molecule has 0 amide bonds. The van der Waals surface area contributed by atoms with Gasteiger partial charge in [-0.1, -0.05) is 0 Å². The van der Waals surface area contributed by atoms with Gasteiger partial charge < -0.3 is 5.73 Å². The monoisotopic (exact) mass is 137 g/mol. The number of hydrogen-bond donors (Lipinski definition) is 1. The van der Waals surface area contributed by atoms with Gasteiger partial charge >= 0.3 is 0 Å². The first-order chi connectivity index (χ1) is 4.83. The van der Waals surface area contributed by atoms with Gasteiger partial charge in [-0.3, -0.25) is 0 Å². The third kappa shape index (κ3) is 0.430. The Morgan fingerprint density at radius 3 is 2.30 bits per heavy atom. The fraction of sp³-hybridized carbons (Fsp3) is 1.00. The van der Waals surface area contributed by atoms with E-state index in [1.807, 2.05) is 0 Å². The van der Waals surface area contributed by atoms with Crippen molar-refractivity contribution in [2.24, 2.45) is 23.0 Å². The first-order valence-electron chi connectivity index (χ1n) is 4.58. The van der Waals surface area contributed by atoms with Crippen LogP contribution in [-0.2, 0) is 0 Å². The van der Waals surface area contributed by atoms with Crippen LogP contribution in [0.25, 0.3) is 0 Å². The minimum absolute atomic E-state index is 0.584. The van der Waals surface area contributed by atoms with E-state index in [2.05, 4.69) is 0 Å². The summed E-state index contributed by atoms with van der Waals surface area (Å²) in [6, 6.07) is 0.584. The molecule has 1 spiro atoms. The largest absolute Gasteiger partial charge is 0.327 e. The molecule has 0 saturated heterocycles. The Morgan fingerprint density at radius 1 is 1.20 bits per heavy atom. The second kappa shape index (κ2) is 1.42. The number of rotatable bonds is 0. The van der Waals surface area contributed by atoms with Crippen molar-refractivity contribution < 1.29 is 0 Å². The van der Waals surface area contributed by atoms with Crippen molar-refractivity contribution in [1.29, 1.82) is 0 Å². The van der Waals surface area contributed by atoms with Crippen molar-refractivity contribution in [3.8, 4) is 0 Å². The van der Waals surface area contributed by atoms with Gasteiger partial charge in [0.1, 0.15) is 0 Å². The maximum absolute atomic E-state index is 6.04. The highest BCUT2D eigenvalue weighted by Gasteiger charge is 2.63. The molecule has 0 aliphatic heterocycles. The van der Waals surface area contributed by atoms with Crippen LogP contribution in [0.1, 0.15) is 32.1 Å². The molecule has 3 aliphatic carbocycles. The highest BCUT2D eigenvalue weighted by Crippen LogP contribution is 2.70. The van der Waals surface area contributed by atoms with Gasteiger partial charge in [0.15, 0.2) is 0 Å². The fourth-order valence-electron chi connectivity index (χ4n) is 3.67. The lowest BCUT2D eigenvalue weighted by Gasteiger charge is -2.16. The Morgan fingerprint density at radius 2 is 2.00 bits per heavy atom. The van der Waals surface area contributed by atoms with Crippen LogP contribution in [0.4, 0.5) is 0 Å². The van der Waals surface area contributed by atoms with Gasteiger partial charge in [-0.15, -0.1) is 0 Å². The smallest absolute Gasteiger partial charge is 0.00754 e. The summed E-state index contributed by atoms with van der Waals surface area (Å²) >= 11 is 0. The third-order valence-corrected chi connectivity index (χ3v) is 4.28. The molecule has 56 valence electrons. The first kappa shape index (κ1) is 5.59. The van der Waals surface area contributed by atoms with Crippen LogP contribution in [0.2, 0.25) is 0 Å². The van der Waals surface area contributed by atoms with Crippen molar-refractivity contribution in [2.45, 2.75) is 38.1 Å². The summed E-state index contributed by atoms with van der Waals surface area (Å²) in [7, 11) is 0. The molecule has 2 bridgehead atoms. The molecular weight excluding hydrogens is 122 g/mol. The van der Waals surface area contributed by atoms with Crippen LogP contribution in [0.5, 0.6) is 0 Å². The van der Waals surface area contributed by atoms with Crippen LogP contribution in [0.3, 0.4) is 0 Å². The van der Waals surface area contributed by atoms with Gasteiger partial charge in [0.2, 0.25) is 0 Å². The van der Waals surface area contributed by atoms with Crippen molar-refractivity contribution in [3.63, 3.8) is 0 Å². The first-order valence-corrected chi connectivity index (χ1v) is 4.58. The van der Waals surface area contributed by atoms with Crippen LogP contribution in [-0.4, -0.2) is 6.04 Å². The van der Waals surface area contributed by atoms with Crippen LogP contribution >= 0.6 is 0 Å². The molecule has 0 aromatic carbocycles. The molecule has 0 unspecified atom stereocenters. The normalized spacial score (nSPS) is 54.3. The molecular formula is C9H15N. The molecule has 10 heavy (non-hydrogen) atoms. The van der Waals surface area contributed by atoms with Gasteiger partial charge in [-0.05, 0) is 49.4 Å². The lowest BCUT2D eigenvalue weighted by molar-refractivity contribution is 0.366.